The van der Waals surface area contributed by atoms with Crippen LogP contribution in [0.3, 0.4) is 0 Å². The van der Waals surface area contributed by atoms with Gasteiger partial charge in [0.2, 0.25) is 0 Å². The highest BCUT2D eigenvalue weighted by atomic mass is 16.7. The lowest BCUT2D eigenvalue weighted by molar-refractivity contribution is -0.137. The Morgan fingerprint density at radius 2 is 2.17 bits per heavy atom. The molecule has 2 heterocycles. The average Bonchev–Trinajstić information content (AvgIpc) is 2.83. The summed E-state index contributed by atoms with van der Waals surface area (Å²) in [7, 11) is 0. The van der Waals surface area contributed by atoms with E-state index in [1.807, 2.05) is 19.9 Å². The molecule has 1 aliphatic heterocycles. The molecule has 0 aliphatic carbocycles. The van der Waals surface area contributed by atoms with Gasteiger partial charge in [-0.3, -0.25) is 9.59 Å². The molecule has 1 unspecified atom stereocenters. The number of nitrogens with one attached hydrogen (secondary N) is 1. The van der Waals surface area contributed by atoms with Crippen molar-refractivity contribution in [3.63, 3.8) is 0 Å². The van der Waals surface area contributed by atoms with Crippen molar-refractivity contribution >= 4 is 5.91 Å². The summed E-state index contributed by atoms with van der Waals surface area (Å²) in [4.78, 5) is 25.1. The smallest absolute Gasteiger partial charge is 0.263 e. The largest absolute Gasteiger partial charge is 0.349 e. The van der Waals surface area contributed by atoms with Gasteiger partial charge in [0.1, 0.15) is 11.7 Å². The molecule has 0 saturated carbocycles. The molecule has 0 radical (unpaired) electrons. The van der Waals surface area contributed by atoms with Gasteiger partial charge in [0.15, 0.2) is 5.79 Å². The second kappa shape index (κ2) is 7.49. The minimum Gasteiger partial charge on any atom is -0.349 e. The Balaban J connectivity index is 2.05. The van der Waals surface area contributed by atoms with Crippen molar-refractivity contribution in [2.75, 3.05) is 13.2 Å². The Morgan fingerprint density at radius 3 is 2.75 bits per heavy atom. The van der Waals surface area contributed by atoms with E-state index in [4.69, 9.17) is 9.47 Å². The summed E-state index contributed by atoms with van der Waals surface area (Å²) >= 11 is 0. The standard InChI is InChI=1S/C18H28N2O4/c1-12(2)6-8-20-9-7-13(3)15(17(20)22)16(21)19-10-14-11-23-18(4,5)24-14/h7,9,12,14H,6,8,10-11H2,1-5H3,(H,19,21). The van der Waals surface area contributed by atoms with E-state index in [2.05, 4.69) is 19.2 Å². The van der Waals surface area contributed by atoms with E-state index in [0.29, 0.717) is 31.2 Å². The van der Waals surface area contributed by atoms with Crippen LogP contribution >= 0.6 is 0 Å². The number of aryl methyl sites for hydroxylation is 2. The number of hydrogen-bond donors (Lipinski definition) is 1. The van der Waals surface area contributed by atoms with Gasteiger partial charge in [0.05, 0.1) is 6.61 Å². The number of amides is 1. The van der Waals surface area contributed by atoms with Crippen LogP contribution < -0.4 is 10.9 Å². The van der Waals surface area contributed by atoms with E-state index in [1.165, 1.54) is 0 Å². The second-order valence-electron chi connectivity index (χ2n) is 7.22. The van der Waals surface area contributed by atoms with Crippen LogP contribution in [0.2, 0.25) is 0 Å². The van der Waals surface area contributed by atoms with Crippen LogP contribution in [0.5, 0.6) is 0 Å². The Bertz CT molecular complexity index is 649. The van der Waals surface area contributed by atoms with Crippen LogP contribution in [0.1, 0.15) is 50.0 Å². The van der Waals surface area contributed by atoms with Crippen molar-refractivity contribution in [2.45, 2.75) is 59.5 Å². The predicted octanol–water partition coefficient (Wildman–Crippen LogP) is 2.08. The summed E-state index contributed by atoms with van der Waals surface area (Å²) in [5.74, 6) is -0.482. The Kier molecular flexibility index (Phi) is 5.83. The molecule has 6 nitrogen and oxygen atoms in total. The Morgan fingerprint density at radius 1 is 1.46 bits per heavy atom. The summed E-state index contributed by atoms with van der Waals surface area (Å²) in [5.41, 5.74) is 0.652. The molecule has 2 rings (SSSR count). The molecular formula is C18H28N2O4. The first-order valence-electron chi connectivity index (χ1n) is 8.49. The topological polar surface area (TPSA) is 69.6 Å². The molecule has 0 bridgehead atoms. The number of nitrogens with zero attached hydrogens (tertiary/aromatic N) is 1. The summed E-state index contributed by atoms with van der Waals surface area (Å²) in [6.45, 7) is 11.0. The summed E-state index contributed by atoms with van der Waals surface area (Å²) < 4.78 is 12.7. The van der Waals surface area contributed by atoms with Crippen LogP contribution in [0.4, 0.5) is 0 Å². The van der Waals surface area contributed by atoms with E-state index in [0.717, 1.165) is 6.42 Å². The zero-order chi connectivity index (χ0) is 17.9. The minimum absolute atomic E-state index is 0.198. The Labute approximate surface area is 143 Å². The quantitative estimate of drug-likeness (QED) is 0.863. The minimum atomic E-state index is -0.623. The predicted molar refractivity (Wildman–Crippen MR) is 92.1 cm³/mol. The molecular weight excluding hydrogens is 308 g/mol. The van der Waals surface area contributed by atoms with Gasteiger partial charge >= 0.3 is 0 Å². The fourth-order valence-corrected chi connectivity index (χ4v) is 2.67. The molecule has 1 fully saturated rings. The first-order valence-corrected chi connectivity index (χ1v) is 8.49. The number of carbonyl (C=O) groups excluding carboxylic acids is 1. The van der Waals surface area contributed by atoms with Crippen molar-refractivity contribution < 1.29 is 14.3 Å². The summed E-state index contributed by atoms with van der Waals surface area (Å²) in [5, 5.41) is 2.80. The van der Waals surface area contributed by atoms with Gasteiger partial charge in [-0.05, 0) is 44.7 Å². The maximum absolute atomic E-state index is 12.6. The molecule has 1 amide bonds. The number of rotatable bonds is 6. The molecule has 134 valence electrons. The van der Waals surface area contributed by atoms with Crippen LogP contribution in [-0.2, 0) is 16.0 Å². The zero-order valence-corrected chi connectivity index (χ0v) is 15.2. The monoisotopic (exact) mass is 336 g/mol. The van der Waals surface area contributed by atoms with Gasteiger partial charge in [-0.1, -0.05) is 13.8 Å². The first-order chi connectivity index (χ1) is 11.2. The lowest BCUT2D eigenvalue weighted by Gasteiger charge is -2.17. The molecule has 1 aromatic heterocycles. The van der Waals surface area contributed by atoms with Crippen molar-refractivity contribution in [1.82, 2.24) is 9.88 Å². The lowest BCUT2D eigenvalue weighted by atomic mass is 10.1. The van der Waals surface area contributed by atoms with E-state index in [1.54, 1.807) is 17.7 Å². The van der Waals surface area contributed by atoms with Crippen molar-refractivity contribution in [3.05, 3.63) is 33.7 Å². The molecule has 0 aromatic carbocycles. The number of aromatic nitrogens is 1. The Hall–Kier alpha value is -1.66. The molecule has 1 saturated heterocycles. The van der Waals surface area contributed by atoms with Crippen molar-refractivity contribution in [2.24, 2.45) is 5.92 Å². The summed E-state index contributed by atoms with van der Waals surface area (Å²) in [6.07, 6.45) is 2.45. The lowest BCUT2D eigenvalue weighted by Crippen LogP contribution is -2.38. The molecule has 6 heteroatoms. The molecule has 1 aliphatic rings. The number of hydrogen-bond acceptors (Lipinski definition) is 4. The molecule has 0 spiro atoms. The van der Waals surface area contributed by atoms with Crippen molar-refractivity contribution in [3.8, 4) is 0 Å². The van der Waals surface area contributed by atoms with Crippen LogP contribution in [0.25, 0.3) is 0 Å². The third-order valence-corrected chi connectivity index (χ3v) is 4.11. The normalized spacial score (nSPS) is 19.7. The van der Waals surface area contributed by atoms with E-state index in [9.17, 15) is 9.59 Å². The highest BCUT2D eigenvalue weighted by Gasteiger charge is 2.32. The van der Waals surface area contributed by atoms with Crippen LogP contribution in [0, 0.1) is 12.8 Å². The highest BCUT2D eigenvalue weighted by Crippen LogP contribution is 2.21. The highest BCUT2D eigenvalue weighted by molar-refractivity contribution is 5.95. The van der Waals surface area contributed by atoms with Gasteiger partial charge in [0, 0.05) is 19.3 Å². The fraction of sp³-hybridized carbons (Fsp3) is 0.667. The van der Waals surface area contributed by atoms with Gasteiger partial charge in [-0.15, -0.1) is 0 Å². The summed E-state index contributed by atoms with van der Waals surface area (Å²) in [6, 6.07) is 1.81. The van der Waals surface area contributed by atoms with Gasteiger partial charge in [0.25, 0.3) is 11.5 Å². The fourth-order valence-electron chi connectivity index (χ4n) is 2.67. The molecule has 24 heavy (non-hydrogen) atoms. The first kappa shape index (κ1) is 18.7. The molecule has 1 atom stereocenters. The average molecular weight is 336 g/mol. The van der Waals surface area contributed by atoms with E-state index < -0.39 is 5.79 Å². The molecule has 1 N–H and O–H groups in total. The van der Waals surface area contributed by atoms with Gasteiger partial charge in [-0.25, -0.2) is 0 Å². The van der Waals surface area contributed by atoms with E-state index in [-0.39, 0.29) is 23.1 Å². The number of ether oxygens (including phenoxy) is 2. The van der Waals surface area contributed by atoms with Crippen LogP contribution in [0.15, 0.2) is 17.1 Å². The van der Waals surface area contributed by atoms with Crippen LogP contribution in [-0.4, -0.2) is 35.5 Å². The third kappa shape index (κ3) is 4.68. The second-order valence-corrected chi connectivity index (χ2v) is 7.22. The van der Waals surface area contributed by atoms with Gasteiger partial charge < -0.3 is 19.4 Å². The zero-order valence-electron chi connectivity index (χ0n) is 15.2. The maximum atomic E-state index is 12.6. The molecule has 1 aromatic rings. The SMILES string of the molecule is Cc1ccn(CCC(C)C)c(=O)c1C(=O)NCC1COC(C)(C)O1. The number of carbonyl (C=O) groups is 1. The van der Waals surface area contributed by atoms with Gasteiger partial charge in [-0.2, -0.15) is 0 Å². The maximum Gasteiger partial charge on any atom is 0.263 e. The third-order valence-electron chi connectivity index (χ3n) is 4.11. The number of pyridine rings is 1. The van der Waals surface area contributed by atoms with E-state index >= 15 is 0 Å². The van der Waals surface area contributed by atoms with Crippen molar-refractivity contribution in [1.29, 1.82) is 0 Å².